The Bertz CT molecular complexity index is 1850. The molecule has 5 aromatic rings. The monoisotopic (exact) mass is 644 g/mol. The lowest BCUT2D eigenvalue weighted by atomic mass is 10.1. The van der Waals surface area contributed by atoms with Gasteiger partial charge in [0.05, 0.1) is 19.1 Å². The van der Waals surface area contributed by atoms with Crippen molar-refractivity contribution in [3.8, 4) is 40.4 Å². The molecule has 0 aliphatic carbocycles. The molecule has 0 fully saturated rings. The summed E-state index contributed by atoms with van der Waals surface area (Å²) in [6, 6.07) is 30.5. The van der Waals surface area contributed by atoms with Gasteiger partial charge >= 0.3 is 0 Å². The molecule has 0 radical (unpaired) electrons. The Morgan fingerprint density at radius 2 is 1.38 bits per heavy atom. The molecule has 0 aliphatic rings. The summed E-state index contributed by atoms with van der Waals surface area (Å²) in [5.41, 5.74) is 3.33. The van der Waals surface area contributed by atoms with Gasteiger partial charge in [-0.1, -0.05) is 111 Å². The molecule has 0 amide bonds. The largest absolute Gasteiger partial charge is 0.502 e. The Kier molecular flexibility index (Phi) is 13.1. The number of benzene rings is 4. The van der Waals surface area contributed by atoms with Gasteiger partial charge in [0.2, 0.25) is 11.2 Å². The van der Waals surface area contributed by atoms with Crippen molar-refractivity contribution in [3.63, 3.8) is 0 Å². The molecule has 1 N–H and O–H groups in total. The zero-order valence-corrected chi connectivity index (χ0v) is 27.7. The second-order valence-electron chi connectivity index (χ2n) is 11.9. The average Bonchev–Trinajstić information content (AvgIpc) is 3.13. The first kappa shape index (κ1) is 34.3. The smallest absolute Gasteiger partial charge is 0.235 e. The van der Waals surface area contributed by atoms with Gasteiger partial charge in [0.1, 0.15) is 12.2 Å². The van der Waals surface area contributed by atoms with E-state index in [0.717, 1.165) is 43.4 Å². The standard InChI is InChI=1S/C42H44O6/c1-45-38-26-24-35(29-39(38)47-31-34-21-15-11-16-22-34)42-41(44)40(43)36-28-32(23-25-37(36)48-42)18-12-8-6-4-2-3-5-7-9-17-27-46-30-33-19-13-10-14-20-33/h10-11,13-16,19-26,28-29,44H,2-9,17,27,30-31H2,1H3. The van der Waals surface area contributed by atoms with E-state index >= 15 is 0 Å². The molecule has 0 bridgehead atoms. The van der Waals surface area contributed by atoms with Crippen LogP contribution in [0.2, 0.25) is 0 Å². The van der Waals surface area contributed by atoms with Gasteiger partial charge in [0, 0.05) is 24.2 Å². The van der Waals surface area contributed by atoms with Gasteiger partial charge in [-0.25, -0.2) is 0 Å². The minimum absolute atomic E-state index is 0.0754. The van der Waals surface area contributed by atoms with Gasteiger partial charge in [-0.2, -0.15) is 0 Å². The zero-order valence-electron chi connectivity index (χ0n) is 27.7. The summed E-state index contributed by atoms with van der Waals surface area (Å²) < 4.78 is 23.3. The van der Waals surface area contributed by atoms with Crippen LogP contribution in [-0.2, 0) is 18.0 Å². The SMILES string of the molecule is COc1ccc(-c2oc3ccc(C#CCCCCCCCCCCOCc4ccccc4)cc3c(=O)c2O)cc1OCc1ccccc1. The van der Waals surface area contributed by atoms with E-state index in [2.05, 4.69) is 24.0 Å². The molecule has 0 unspecified atom stereocenters. The molecule has 248 valence electrons. The lowest BCUT2D eigenvalue weighted by Crippen LogP contribution is -2.03. The van der Waals surface area contributed by atoms with E-state index in [4.69, 9.17) is 18.6 Å². The fourth-order valence-corrected chi connectivity index (χ4v) is 5.53. The number of hydrogen-bond acceptors (Lipinski definition) is 6. The van der Waals surface area contributed by atoms with E-state index < -0.39 is 11.2 Å². The molecule has 6 nitrogen and oxygen atoms in total. The second kappa shape index (κ2) is 18.4. The first-order valence-electron chi connectivity index (χ1n) is 16.9. The molecule has 0 atom stereocenters. The molecule has 1 heterocycles. The molecule has 1 aromatic heterocycles. The maximum absolute atomic E-state index is 13.2. The third-order valence-electron chi connectivity index (χ3n) is 8.21. The predicted molar refractivity (Wildman–Crippen MR) is 191 cm³/mol. The molecular weight excluding hydrogens is 600 g/mol. The molecule has 0 saturated carbocycles. The van der Waals surface area contributed by atoms with E-state index in [1.807, 2.05) is 54.6 Å². The van der Waals surface area contributed by atoms with Crippen LogP contribution in [0.1, 0.15) is 74.5 Å². The van der Waals surface area contributed by atoms with Crippen molar-refractivity contribution in [1.29, 1.82) is 0 Å². The fraction of sp³-hybridized carbons (Fsp3) is 0.310. The third kappa shape index (κ3) is 10.0. The van der Waals surface area contributed by atoms with Gasteiger partial charge in [0.15, 0.2) is 17.3 Å². The lowest BCUT2D eigenvalue weighted by Gasteiger charge is -2.13. The molecule has 0 aliphatic heterocycles. The topological polar surface area (TPSA) is 78.1 Å². The van der Waals surface area contributed by atoms with Gasteiger partial charge in [-0.05, 0) is 60.4 Å². The molecule has 4 aromatic carbocycles. The van der Waals surface area contributed by atoms with Crippen LogP contribution in [-0.4, -0.2) is 18.8 Å². The van der Waals surface area contributed by atoms with Crippen LogP contribution in [0.3, 0.4) is 0 Å². The highest BCUT2D eigenvalue weighted by Crippen LogP contribution is 2.37. The maximum atomic E-state index is 13.2. The lowest BCUT2D eigenvalue weighted by molar-refractivity contribution is 0.116. The minimum Gasteiger partial charge on any atom is -0.502 e. The first-order chi connectivity index (χ1) is 23.6. The van der Waals surface area contributed by atoms with Crippen molar-refractivity contribution in [2.75, 3.05) is 13.7 Å². The summed E-state index contributed by atoms with van der Waals surface area (Å²) in [6.45, 7) is 1.86. The van der Waals surface area contributed by atoms with Gasteiger partial charge < -0.3 is 23.7 Å². The van der Waals surface area contributed by atoms with Crippen LogP contribution in [0.4, 0.5) is 0 Å². The van der Waals surface area contributed by atoms with Gasteiger partial charge in [-0.3, -0.25) is 4.79 Å². The van der Waals surface area contributed by atoms with Crippen molar-refractivity contribution in [2.24, 2.45) is 0 Å². The normalized spacial score (nSPS) is 10.9. The Labute approximate surface area is 283 Å². The summed E-state index contributed by atoms with van der Waals surface area (Å²) in [6.07, 6.45) is 10.4. The first-order valence-corrected chi connectivity index (χ1v) is 16.9. The number of rotatable bonds is 17. The summed E-state index contributed by atoms with van der Waals surface area (Å²) in [4.78, 5) is 13.2. The van der Waals surface area contributed by atoms with Crippen molar-refractivity contribution in [3.05, 3.63) is 124 Å². The molecule has 6 heteroatoms. The highest BCUT2D eigenvalue weighted by molar-refractivity contribution is 5.83. The second-order valence-corrected chi connectivity index (χ2v) is 11.9. The molecule has 48 heavy (non-hydrogen) atoms. The molecule has 0 saturated heterocycles. The summed E-state index contributed by atoms with van der Waals surface area (Å²) >= 11 is 0. The highest BCUT2D eigenvalue weighted by atomic mass is 16.5. The summed E-state index contributed by atoms with van der Waals surface area (Å²) in [5, 5.41) is 11.2. The molecule has 0 spiro atoms. The van der Waals surface area contributed by atoms with Crippen LogP contribution >= 0.6 is 0 Å². The quantitative estimate of drug-likeness (QED) is 0.0802. The van der Waals surface area contributed by atoms with Crippen molar-refractivity contribution in [2.45, 2.75) is 71.0 Å². The Balaban J connectivity index is 1.07. The van der Waals surface area contributed by atoms with Crippen molar-refractivity contribution >= 4 is 11.0 Å². The van der Waals surface area contributed by atoms with Crippen molar-refractivity contribution < 1.29 is 23.7 Å². The fourth-order valence-electron chi connectivity index (χ4n) is 5.53. The average molecular weight is 645 g/mol. The van der Waals surface area contributed by atoms with Crippen LogP contribution in [0, 0.1) is 11.8 Å². The van der Waals surface area contributed by atoms with E-state index in [1.54, 1.807) is 37.4 Å². The number of fused-ring (bicyclic) bond motifs is 1. The molecule has 5 rings (SSSR count). The summed E-state index contributed by atoms with van der Waals surface area (Å²) in [7, 11) is 1.56. The number of methoxy groups -OCH3 is 1. The number of hydrogen-bond donors (Lipinski definition) is 1. The predicted octanol–water partition coefficient (Wildman–Crippen LogP) is 9.83. The van der Waals surface area contributed by atoms with Crippen LogP contribution in [0.5, 0.6) is 17.2 Å². The van der Waals surface area contributed by atoms with E-state index in [0.29, 0.717) is 41.2 Å². The Morgan fingerprint density at radius 1 is 0.708 bits per heavy atom. The van der Waals surface area contributed by atoms with Crippen LogP contribution in [0.25, 0.3) is 22.3 Å². The van der Waals surface area contributed by atoms with Gasteiger partial charge in [-0.15, -0.1) is 0 Å². The number of aromatic hydroxyl groups is 1. The molecular formula is C42H44O6. The van der Waals surface area contributed by atoms with Gasteiger partial charge in [0.25, 0.3) is 0 Å². The van der Waals surface area contributed by atoms with Crippen molar-refractivity contribution in [1.82, 2.24) is 0 Å². The maximum Gasteiger partial charge on any atom is 0.235 e. The Hall–Kier alpha value is -4.99. The summed E-state index contributed by atoms with van der Waals surface area (Å²) in [5.74, 6) is 7.03. The third-order valence-corrected chi connectivity index (χ3v) is 8.21. The minimum atomic E-state index is -0.503. The number of unbranched alkanes of at least 4 members (excludes halogenated alkanes) is 8. The van der Waals surface area contributed by atoms with Crippen LogP contribution < -0.4 is 14.9 Å². The zero-order chi connectivity index (χ0) is 33.4. The van der Waals surface area contributed by atoms with E-state index in [-0.39, 0.29) is 5.76 Å². The van der Waals surface area contributed by atoms with E-state index in [1.165, 1.54) is 37.7 Å². The van der Waals surface area contributed by atoms with E-state index in [9.17, 15) is 9.90 Å². The van der Waals surface area contributed by atoms with Crippen LogP contribution in [0.15, 0.2) is 106 Å². The Morgan fingerprint density at radius 3 is 2.08 bits per heavy atom. The highest BCUT2D eigenvalue weighted by Gasteiger charge is 2.18. The number of ether oxygens (including phenoxy) is 3.